The SMILES string of the molecule is O=C(O)c1cccc(C(NCc2cccnc2)C(=O)NCc2ccncc2)c1. The number of carboxylic acid groups (broad SMARTS) is 1. The summed E-state index contributed by atoms with van der Waals surface area (Å²) in [7, 11) is 0. The summed E-state index contributed by atoms with van der Waals surface area (Å²) in [6, 6.07) is 13.0. The lowest BCUT2D eigenvalue weighted by Crippen LogP contribution is -2.37. The molecule has 0 aliphatic rings. The number of carboxylic acids is 1. The zero-order valence-corrected chi connectivity index (χ0v) is 15.1. The first-order chi connectivity index (χ1) is 13.6. The molecule has 0 bridgehead atoms. The van der Waals surface area contributed by atoms with E-state index in [1.165, 1.54) is 12.1 Å². The van der Waals surface area contributed by atoms with Crippen LogP contribution < -0.4 is 10.6 Å². The maximum atomic E-state index is 12.9. The number of aromatic carboxylic acids is 1. The van der Waals surface area contributed by atoms with Crippen molar-refractivity contribution in [3.05, 3.63) is 95.6 Å². The van der Waals surface area contributed by atoms with Crippen molar-refractivity contribution >= 4 is 11.9 Å². The monoisotopic (exact) mass is 376 g/mol. The highest BCUT2D eigenvalue weighted by molar-refractivity contribution is 5.89. The van der Waals surface area contributed by atoms with Crippen molar-refractivity contribution in [2.24, 2.45) is 0 Å². The molecule has 3 rings (SSSR count). The fraction of sp³-hybridized carbons (Fsp3) is 0.143. The second kappa shape index (κ2) is 9.38. The molecule has 7 nitrogen and oxygen atoms in total. The second-order valence-electron chi connectivity index (χ2n) is 6.18. The normalized spacial score (nSPS) is 11.6. The summed E-state index contributed by atoms with van der Waals surface area (Å²) in [6.07, 6.45) is 6.72. The first-order valence-corrected chi connectivity index (χ1v) is 8.75. The number of carbonyl (C=O) groups is 2. The highest BCUT2D eigenvalue weighted by Crippen LogP contribution is 2.17. The van der Waals surface area contributed by atoms with Gasteiger partial charge < -0.3 is 10.4 Å². The molecule has 3 aromatic rings. The number of aromatic nitrogens is 2. The van der Waals surface area contributed by atoms with Gasteiger partial charge in [-0.25, -0.2) is 4.79 Å². The van der Waals surface area contributed by atoms with Crippen molar-refractivity contribution < 1.29 is 14.7 Å². The molecular weight excluding hydrogens is 356 g/mol. The van der Waals surface area contributed by atoms with E-state index >= 15 is 0 Å². The van der Waals surface area contributed by atoms with Crippen LogP contribution in [-0.4, -0.2) is 27.0 Å². The van der Waals surface area contributed by atoms with Crippen molar-refractivity contribution in [3.8, 4) is 0 Å². The Bertz CT molecular complexity index is 933. The van der Waals surface area contributed by atoms with Crippen molar-refractivity contribution in [1.82, 2.24) is 20.6 Å². The molecule has 1 atom stereocenters. The van der Waals surface area contributed by atoms with Gasteiger partial charge >= 0.3 is 5.97 Å². The number of pyridine rings is 2. The Kier molecular flexibility index (Phi) is 6.43. The highest BCUT2D eigenvalue weighted by atomic mass is 16.4. The first kappa shape index (κ1) is 19.2. The molecule has 7 heteroatoms. The standard InChI is InChI=1S/C21H20N4O3/c26-20(25-13-15-6-9-22-10-7-15)19(24-14-16-3-2-8-23-12-16)17-4-1-5-18(11-17)21(27)28/h1-12,19,24H,13-14H2,(H,25,26)(H,27,28). The molecule has 0 radical (unpaired) electrons. The number of hydrogen-bond acceptors (Lipinski definition) is 5. The van der Waals surface area contributed by atoms with Gasteiger partial charge in [0.1, 0.15) is 6.04 Å². The van der Waals surface area contributed by atoms with Crippen LogP contribution in [-0.2, 0) is 17.9 Å². The van der Waals surface area contributed by atoms with Gasteiger partial charge in [0, 0.05) is 37.9 Å². The summed E-state index contributed by atoms with van der Waals surface area (Å²) in [5.41, 5.74) is 2.56. The molecule has 0 saturated carbocycles. The molecule has 1 amide bonds. The number of carbonyl (C=O) groups excluding carboxylic acids is 1. The lowest BCUT2D eigenvalue weighted by Gasteiger charge is -2.19. The average Bonchev–Trinajstić information content (AvgIpc) is 2.74. The molecule has 3 N–H and O–H groups in total. The predicted octanol–water partition coefficient (Wildman–Crippen LogP) is 2.32. The molecule has 0 spiro atoms. The van der Waals surface area contributed by atoms with Crippen LogP contribution >= 0.6 is 0 Å². The fourth-order valence-electron chi connectivity index (χ4n) is 2.73. The Morgan fingerprint density at radius 2 is 1.75 bits per heavy atom. The van der Waals surface area contributed by atoms with E-state index in [1.54, 1.807) is 36.9 Å². The van der Waals surface area contributed by atoms with Crippen molar-refractivity contribution in [1.29, 1.82) is 0 Å². The van der Waals surface area contributed by atoms with E-state index in [-0.39, 0.29) is 11.5 Å². The van der Waals surface area contributed by atoms with E-state index in [4.69, 9.17) is 0 Å². The minimum absolute atomic E-state index is 0.132. The number of benzene rings is 1. The van der Waals surface area contributed by atoms with Crippen molar-refractivity contribution in [2.45, 2.75) is 19.1 Å². The zero-order chi connectivity index (χ0) is 19.8. The quantitative estimate of drug-likeness (QED) is 0.557. The molecule has 0 saturated heterocycles. The predicted molar refractivity (Wildman–Crippen MR) is 103 cm³/mol. The van der Waals surface area contributed by atoms with E-state index < -0.39 is 12.0 Å². The van der Waals surface area contributed by atoms with Gasteiger partial charge in [0.15, 0.2) is 0 Å². The van der Waals surface area contributed by atoms with Crippen molar-refractivity contribution in [2.75, 3.05) is 0 Å². The van der Waals surface area contributed by atoms with Gasteiger partial charge in [-0.2, -0.15) is 0 Å². The molecule has 1 unspecified atom stereocenters. The van der Waals surface area contributed by atoms with Crippen LogP contribution in [0.1, 0.15) is 33.1 Å². The number of amides is 1. The molecule has 1 aromatic carbocycles. The van der Waals surface area contributed by atoms with Crippen LogP contribution in [0.3, 0.4) is 0 Å². The molecular formula is C21H20N4O3. The van der Waals surface area contributed by atoms with Crippen LogP contribution in [0.4, 0.5) is 0 Å². The lowest BCUT2D eigenvalue weighted by atomic mass is 10.0. The lowest BCUT2D eigenvalue weighted by molar-refractivity contribution is -0.123. The van der Waals surface area contributed by atoms with Gasteiger partial charge in [0.05, 0.1) is 5.56 Å². The summed E-state index contributed by atoms with van der Waals surface area (Å²) in [6.45, 7) is 0.767. The third kappa shape index (κ3) is 5.21. The van der Waals surface area contributed by atoms with Gasteiger partial charge in [-0.3, -0.25) is 20.1 Å². The molecule has 28 heavy (non-hydrogen) atoms. The minimum atomic E-state index is -1.04. The fourth-order valence-corrected chi connectivity index (χ4v) is 2.73. The van der Waals surface area contributed by atoms with E-state index in [0.29, 0.717) is 18.7 Å². The number of nitrogens with zero attached hydrogens (tertiary/aromatic N) is 2. The third-order valence-electron chi connectivity index (χ3n) is 4.18. The minimum Gasteiger partial charge on any atom is -0.478 e. The van der Waals surface area contributed by atoms with Crippen LogP contribution in [0.2, 0.25) is 0 Å². The Morgan fingerprint density at radius 3 is 2.46 bits per heavy atom. The van der Waals surface area contributed by atoms with Crippen molar-refractivity contribution in [3.63, 3.8) is 0 Å². The Balaban J connectivity index is 1.77. The Morgan fingerprint density at radius 1 is 0.929 bits per heavy atom. The molecule has 2 aromatic heterocycles. The van der Waals surface area contributed by atoms with Gasteiger partial charge in [-0.1, -0.05) is 18.2 Å². The zero-order valence-electron chi connectivity index (χ0n) is 15.1. The highest BCUT2D eigenvalue weighted by Gasteiger charge is 2.21. The van der Waals surface area contributed by atoms with Gasteiger partial charge in [0.25, 0.3) is 0 Å². The van der Waals surface area contributed by atoms with Crippen LogP contribution in [0.5, 0.6) is 0 Å². The molecule has 0 aliphatic heterocycles. The molecule has 2 heterocycles. The Hall–Kier alpha value is -3.58. The maximum absolute atomic E-state index is 12.9. The van der Waals surface area contributed by atoms with Crippen LogP contribution in [0, 0.1) is 0 Å². The van der Waals surface area contributed by atoms with E-state index in [1.807, 2.05) is 24.3 Å². The van der Waals surface area contributed by atoms with E-state index in [0.717, 1.165) is 11.1 Å². The second-order valence-corrected chi connectivity index (χ2v) is 6.18. The summed E-state index contributed by atoms with van der Waals surface area (Å²) in [5.74, 6) is -1.28. The van der Waals surface area contributed by atoms with E-state index in [9.17, 15) is 14.7 Å². The van der Waals surface area contributed by atoms with Gasteiger partial charge in [0.2, 0.25) is 5.91 Å². The maximum Gasteiger partial charge on any atom is 0.335 e. The van der Waals surface area contributed by atoms with Gasteiger partial charge in [-0.05, 0) is 47.0 Å². The average molecular weight is 376 g/mol. The summed E-state index contributed by atoms with van der Waals surface area (Å²) < 4.78 is 0. The molecule has 142 valence electrons. The Labute approximate surface area is 162 Å². The number of nitrogens with one attached hydrogen (secondary N) is 2. The summed E-state index contributed by atoms with van der Waals surface area (Å²) in [4.78, 5) is 32.2. The van der Waals surface area contributed by atoms with Gasteiger partial charge in [-0.15, -0.1) is 0 Å². The van der Waals surface area contributed by atoms with Crippen LogP contribution in [0.25, 0.3) is 0 Å². The topological polar surface area (TPSA) is 104 Å². The number of hydrogen-bond donors (Lipinski definition) is 3. The third-order valence-corrected chi connectivity index (χ3v) is 4.18. The first-order valence-electron chi connectivity index (χ1n) is 8.75. The summed E-state index contributed by atoms with van der Waals surface area (Å²) >= 11 is 0. The molecule has 0 aliphatic carbocycles. The molecule has 0 fully saturated rings. The number of rotatable bonds is 8. The van der Waals surface area contributed by atoms with Crippen LogP contribution in [0.15, 0.2) is 73.3 Å². The summed E-state index contributed by atoms with van der Waals surface area (Å²) in [5, 5.41) is 15.3. The smallest absolute Gasteiger partial charge is 0.335 e. The van der Waals surface area contributed by atoms with E-state index in [2.05, 4.69) is 20.6 Å². The largest absolute Gasteiger partial charge is 0.478 e.